The summed E-state index contributed by atoms with van der Waals surface area (Å²) >= 11 is 2.37. The molecule has 2 amide bonds. The highest BCUT2D eigenvalue weighted by molar-refractivity contribution is 7.19. The number of anilines is 1. The third-order valence-electron chi connectivity index (χ3n) is 3.25. The number of carbonyl (C=O) groups excluding carboxylic acids is 3. The van der Waals surface area contributed by atoms with Crippen molar-refractivity contribution in [3.05, 3.63) is 38.4 Å². The van der Waals surface area contributed by atoms with Crippen molar-refractivity contribution >= 4 is 45.5 Å². The second kappa shape index (κ2) is 8.07. The van der Waals surface area contributed by atoms with Gasteiger partial charge in [-0.15, -0.1) is 22.7 Å². The Bertz CT molecular complexity index is 750. The molecule has 0 radical (unpaired) electrons. The molecule has 0 atom stereocenters. The minimum atomic E-state index is -0.584. The van der Waals surface area contributed by atoms with E-state index >= 15 is 0 Å². The Morgan fingerprint density at radius 2 is 2.00 bits per heavy atom. The van der Waals surface area contributed by atoms with Gasteiger partial charge in [0.2, 0.25) is 0 Å². The second-order valence-corrected chi connectivity index (χ2v) is 6.91. The average Bonchev–Trinajstić information content (AvgIpc) is 3.20. The lowest BCUT2D eigenvalue weighted by molar-refractivity contribution is 0.0601. The van der Waals surface area contributed by atoms with Crippen LogP contribution in [0.2, 0.25) is 0 Å². The molecular formula is C16H18N2O4S2. The largest absolute Gasteiger partial charge is 0.465 e. The van der Waals surface area contributed by atoms with Crippen LogP contribution in [0, 0.1) is 6.92 Å². The van der Waals surface area contributed by atoms with Gasteiger partial charge in [-0.2, -0.15) is 0 Å². The lowest BCUT2D eigenvalue weighted by Gasteiger charge is -2.04. The summed E-state index contributed by atoms with van der Waals surface area (Å²) in [6.07, 6.45) is 0.808. The summed E-state index contributed by atoms with van der Waals surface area (Å²) in [6.45, 7) is 4.17. The van der Waals surface area contributed by atoms with Gasteiger partial charge in [-0.1, -0.05) is 13.0 Å². The van der Waals surface area contributed by atoms with Crippen molar-refractivity contribution in [3.63, 3.8) is 0 Å². The van der Waals surface area contributed by atoms with Gasteiger partial charge in [-0.25, -0.2) is 4.79 Å². The minimum absolute atomic E-state index is 0.217. The summed E-state index contributed by atoms with van der Waals surface area (Å²) in [5.41, 5.74) is 0.719. The molecule has 0 bridgehead atoms. The van der Waals surface area contributed by atoms with E-state index in [-0.39, 0.29) is 17.4 Å². The number of methoxy groups -OCH3 is 1. The average molecular weight is 366 g/mol. The standard InChI is InChI=1S/C16H18N2O4S2/c1-4-7-17-14(20)12-9(2)11(16(21)22-3)15(24-12)18-13(19)10-6-5-8-23-10/h5-6,8H,4,7H2,1-3H3,(H,17,20)(H,18,19). The number of amides is 2. The predicted octanol–water partition coefficient (Wildman–Crippen LogP) is 3.30. The molecule has 2 N–H and O–H groups in total. The number of hydrogen-bond donors (Lipinski definition) is 2. The zero-order valence-corrected chi connectivity index (χ0v) is 15.2. The van der Waals surface area contributed by atoms with Gasteiger partial charge in [0.1, 0.15) is 5.00 Å². The highest BCUT2D eigenvalue weighted by Gasteiger charge is 2.26. The van der Waals surface area contributed by atoms with Crippen LogP contribution in [0.5, 0.6) is 0 Å². The fraction of sp³-hybridized carbons (Fsp3) is 0.312. The minimum Gasteiger partial charge on any atom is -0.465 e. The van der Waals surface area contributed by atoms with Crippen LogP contribution in [-0.2, 0) is 4.74 Å². The van der Waals surface area contributed by atoms with Crippen LogP contribution in [0.15, 0.2) is 17.5 Å². The molecule has 2 rings (SSSR count). The molecule has 0 unspecified atom stereocenters. The van der Waals surface area contributed by atoms with E-state index < -0.39 is 5.97 Å². The first-order valence-electron chi connectivity index (χ1n) is 7.34. The molecule has 2 heterocycles. The molecule has 8 heteroatoms. The van der Waals surface area contributed by atoms with Crippen LogP contribution in [-0.4, -0.2) is 31.4 Å². The summed E-state index contributed by atoms with van der Waals surface area (Å²) in [4.78, 5) is 37.5. The number of rotatable bonds is 6. The topological polar surface area (TPSA) is 84.5 Å². The van der Waals surface area contributed by atoms with Crippen molar-refractivity contribution < 1.29 is 19.1 Å². The Morgan fingerprint density at radius 3 is 2.58 bits per heavy atom. The van der Waals surface area contributed by atoms with Crippen LogP contribution >= 0.6 is 22.7 Å². The highest BCUT2D eigenvalue weighted by atomic mass is 32.1. The van der Waals surface area contributed by atoms with Crippen molar-refractivity contribution in [3.8, 4) is 0 Å². The lowest BCUT2D eigenvalue weighted by atomic mass is 10.1. The van der Waals surface area contributed by atoms with Gasteiger partial charge >= 0.3 is 5.97 Å². The van der Waals surface area contributed by atoms with Gasteiger partial charge < -0.3 is 15.4 Å². The molecule has 128 valence electrons. The summed E-state index contributed by atoms with van der Waals surface area (Å²) < 4.78 is 4.79. The SMILES string of the molecule is CCCNC(=O)c1sc(NC(=O)c2cccs2)c(C(=O)OC)c1C. The van der Waals surface area contributed by atoms with Gasteiger partial charge in [0.25, 0.3) is 11.8 Å². The van der Waals surface area contributed by atoms with Crippen LogP contribution < -0.4 is 10.6 Å². The fourth-order valence-corrected chi connectivity index (χ4v) is 3.78. The summed E-state index contributed by atoms with van der Waals surface area (Å²) in [5.74, 6) is -1.17. The maximum atomic E-state index is 12.3. The first-order valence-corrected chi connectivity index (χ1v) is 9.03. The molecule has 0 aliphatic heterocycles. The van der Waals surface area contributed by atoms with E-state index in [0.717, 1.165) is 17.8 Å². The van der Waals surface area contributed by atoms with Crippen molar-refractivity contribution in [2.75, 3.05) is 19.0 Å². The Kier molecular flexibility index (Phi) is 6.10. The number of carbonyl (C=O) groups is 3. The molecule has 2 aromatic rings. The number of hydrogen-bond acceptors (Lipinski definition) is 6. The van der Waals surface area contributed by atoms with Crippen molar-refractivity contribution in [2.24, 2.45) is 0 Å². The quantitative estimate of drug-likeness (QED) is 0.768. The van der Waals surface area contributed by atoms with Crippen molar-refractivity contribution in [1.82, 2.24) is 5.32 Å². The summed E-state index contributed by atoms with van der Waals surface area (Å²) in [5, 5.41) is 7.60. The molecule has 6 nitrogen and oxygen atoms in total. The Balaban J connectivity index is 2.36. The fourth-order valence-electron chi connectivity index (χ4n) is 2.06. The first kappa shape index (κ1) is 18.2. The summed E-state index contributed by atoms with van der Waals surface area (Å²) in [7, 11) is 1.27. The van der Waals surface area contributed by atoms with E-state index in [2.05, 4.69) is 10.6 Å². The zero-order valence-electron chi connectivity index (χ0n) is 13.6. The van der Waals surface area contributed by atoms with E-state index in [1.807, 2.05) is 6.92 Å². The lowest BCUT2D eigenvalue weighted by Crippen LogP contribution is -2.23. The van der Waals surface area contributed by atoms with Crippen LogP contribution in [0.25, 0.3) is 0 Å². The molecule has 0 fully saturated rings. The number of ether oxygens (including phenoxy) is 1. The van der Waals surface area contributed by atoms with Gasteiger partial charge in [0.05, 0.1) is 22.4 Å². The van der Waals surface area contributed by atoms with Gasteiger partial charge in [0, 0.05) is 6.54 Å². The molecule has 0 aliphatic rings. The zero-order chi connectivity index (χ0) is 17.7. The number of nitrogens with one attached hydrogen (secondary N) is 2. The monoisotopic (exact) mass is 366 g/mol. The van der Waals surface area contributed by atoms with Gasteiger partial charge in [-0.3, -0.25) is 9.59 Å². The molecule has 24 heavy (non-hydrogen) atoms. The van der Waals surface area contributed by atoms with E-state index in [0.29, 0.717) is 26.9 Å². The van der Waals surface area contributed by atoms with Crippen LogP contribution in [0.1, 0.15) is 48.6 Å². The maximum Gasteiger partial charge on any atom is 0.341 e. The van der Waals surface area contributed by atoms with E-state index in [9.17, 15) is 14.4 Å². The predicted molar refractivity (Wildman–Crippen MR) is 95.3 cm³/mol. The van der Waals surface area contributed by atoms with E-state index in [1.165, 1.54) is 18.4 Å². The molecule has 0 aliphatic carbocycles. The highest BCUT2D eigenvalue weighted by Crippen LogP contribution is 2.34. The Hall–Kier alpha value is -2.19. The molecule has 0 saturated heterocycles. The molecule has 0 aromatic carbocycles. The maximum absolute atomic E-state index is 12.3. The molecule has 0 spiro atoms. The number of thiophene rings is 2. The Morgan fingerprint density at radius 1 is 1.25 bits per heavy atom. The van der Waals surface area contributed by atoms with Crippen molar-refractivity contribution in [1.29, 1.82) is 0 Å². The molecular weight excluding hydrogens is 348 g/mol. The summed E-state index contributed by atoms with van der Waals surface area (Å²) in [6, 6.07) is 3.46. The molecule has 0 saturated carbocycles. The third kappa shape index (κ3) is 3.82. The number of esters is 1. The van der Waals surface area contributed by atoms with E-state index in [4.69, 9.17) is 4.74 Å². The Labute approximate surface area is 147 Å². The third-order valence-corrected chi connectivity index (χ3v) is 5.32. The second-order valence-electron chi connectivity index (χ2n) is 4.94. The van der Waals surface area contributed by atoms with Gasteiger partial charge in [-0.05, 0) is 30.4 Å². The first-order chi connectivity index (χ1) is 11.5. The van der Waals surface area contributed by atoms with Crippen LogP contribution in [0.3, 0.4) is 0 Å². The smallest absolute Gasteiger partial charge is 0.341 e. The van der Waals surface area contributed by atoms with Crippen LogP contribution in [0.4, 0.5) is 5.00 Å². The van der Waals surface area contributed by atoms with E-state index in [1.54, 1.807) is 24.4 Å². The normalized spacial score (nSPS) is 10.3. The molecule has 2 aromatic heterocycles. The van der Waals surface area contributed by atoms with Crippen molar-refractivity contribution in [2.45, 2.75) is 20.3 Å². The van der Waals surface area contributed by atoms with Gasteiger partial charge in [0.15, 0.2) is 0 Å².